The molecule has 0 aliphatic heterocycles. The lowest BCUT2D eigenvalue weighted by molar-refractivity contribution is -0.0375. The smallest absolute Gasteiger partial charge is 0.337 e. The van der Waals surface area contributed by atoms with E-state index < -0.39 is 11.9 Å². The zero-order valence-electron chi connectivity index (χ0n) is 6.72. The third kappa shape index (κ3) is 1.85. The average molecular weight is 201 g/mol. The van der Waals surface area contributed by atoms with Gasteiger partial charge in [0.1, 0.15) is 0 Å². The summed E-state index contributed by atoms with van der Waals surface area (Å²) >= 11 is 1.10. The second kappa shape index (κ2) is 3.55. The van der Waals surface area contributed by atoms with Crippen molar-refractivity contribution in [1.29, 1.82) is 0 Å². The molecule has 70 valence electrons. The number of hydrogen-bond acceptors (Lipinski definition) is 4. The van der Waals surface area contributed by atoms with Crippen molar-refractivity contribution in [3.8, 4) is 0 Å². The highest BCUT2D eigenvalue weighted by Gasteiger charge is 2.19. The molecule has 0 saturated carbocycles. The molecular formula is C7H7NO4S. The van der Waals surface area contributed by atoms with Crippen molar-refractivity contribution < 1.29 is 19.9 Å². The fourth-order valence-corrected chi connectivity index (χ4v) is 1.60. The predicted molar refractivity (Wildman–Crippen MR) is 45.2 cm³/mol. The molecule has 0 unspecified atom stereocenters. The topological polar surface area (TPSA) is 77.8 Å². The van der Waals surface area contributed by atoms with Crippen LogP contribution in [0.4, 0.5) is 0 Å². The van der Waals surface area contributed by atoms with Gasteiger partial charge in [-0.15, -0.1) is 0 Å². The molecule has 0 aliphatic carbocycles. The fraction of sp³-hybridized carbons (Fsp3) is 0.143. The SMILES string of the molecule is CN(O)C(=O)c1cscc1C(=O)O. The molecule has 13 heavy (non-hydrogen) atoms. The number of aromatic carboxylic acids is 1. The van der Waals surface area contributed by atoms with E-state index in [1.807, 2.05) is 0 Å². The first kappa shape index (κ1) is 9.69. The lowest BCUT2D eigenvalue weighted by atomic mass is 10.2. The van der Waals surface area contributed by atoms with E-state index in [0.29, 0.717) is 5.06 Å². The van der Waals surface area contributed by atoms with Gasteiger partial charge >= 0.3 is 5.97 Å². The Morgan fingerprint density at radius 1 is 1.38 bits per heavy atom. The van der Waals surface area contributed by atoms with Crippen LogP contribution in [0.2, 0.25) is 0 Å². The number of thiophene rings is 1. The molecule has 0 fully saturated rings. The molecule has 0 atom stereocenters. The molecule has 6 heteroatoms. The third-order valence-corrected chi connectivity index (χ3v) is 2.16. The maximum absolute atomic E-state index is 11.2. The molecule has 2 N–H and O–H groups in total. The predicted octanol–water partition coefficient (Wildman–Crippen LogP) is 0.908. The molecule has 0 radical (unpaired) electrons. The molecule has 0 aromatic carbocycles. The zero-order chi connectivity index (χ0) is 10.0. The largest absolute Gasteiger partial charge is 0.478 e. The van der Waals surface area contributed by atoms with Crippen LogP contribution < -0.4 is 0 Å². The van der Waals surface area contributed by atoms with Gasteiger partial charge in [-0.3, -0.25) is 10.0 Å². The lowest BCUT2D eigenvalue weighted by Crippen LogP contribution is -2.23. The minimum absolute atomic E-state index is 0.00231. The molecule has 1 aromatic heterocycles. The Balaban J connectivity index is 3.08. The average Bonchev–Trinajstić information content (AvgIpc) is 2.50. The molecule has 0 aliphatic rings. The molecular weight excluding hydrogens is 194 g/mol. The normalized spacial score (nSPS) is 9.69. The quantitative estimate of drug-likeness (QED) is 0.550. The van der Waals surface area contributed by atoms with E-state index in [4.69, 9.17) is 10.3 Å². The van der Waals surface area contributed by atoms with Gasteiger partial charge in [0, 0.05) is 17.8 Å². The van der Waals surface area contributed by atoms with Gasteiger partial charge in [0.15, 0.2) is 0 Å². The Morgan fingerprint density at radius 2 is 1.92 bits per heavy atom. The molecule has 0 saturated heterocycles. The van der Waals surface area contributed by atoms with Crippen LogP contribution in [0.15, 0.2) is 10.8 Å². The number of carboxylic acid groups (broad SMARTS) is 1. The standard InChI is InChI=1S/C7H7NO4S/c1-8(12)6(9)4-2-13-3-5(4)7(10)11/h2-3,12H,1H3,(H,10,11). The van der Waals surface area contributed by atoms with Crippen LogP contribution >= 0.6 is 11.3 Å². The van der Waals surface area contributed by atoms with E-state index in [1.54, 1.807) is 0 Å². The van der Waals surface area contributed by atoms with Gasteiger partial charge in [-0.2, -0.15) is 11.3 Å². The summed E-state index contributed by atoms with van der Waals surface area (Å²) in [6.07, 6.45) is 0. The maximum Gasteiger partial charge on any atom is 0.337 e. The van der Waals surface area contributed by atoms with Crippen LogP contribution in [0.25, 0.3) is 0 Å². The van der Waals surface area contributed by atoms with Crippen molar-refractivity contribution in [3.05, 3.63) is 21.9 Å². The van der Waals surface area contributed by atoms with E-state index in [9.17, 15) is 9.59 Å². The van der Waals surface area contributed by atoms with Crippen molar-refractivity contribution in [3.63, 3.8) is 0 Å². The fourth-order valence-electron chi connectivity index (χ4n) is 0.803. The van der Waals surface area contributed by atoms with Crippen LogP contribution in [0.1, 0.15) is 20.7 Å². The second-order valence-electron chi connectivity index (χ2n) is 2.33. The van der Waals surface area contributed by atoms with E-state index in [2.05, 4.69) is 0 Å². The number of hydroxylamine groups is 2. The molecule has 1 heterocycles. The number of nitrogens with zero attached hydrogens (tertiary/aromatic N) is 1. The van der Waals surface area contributed by atoms with Crippen molar-refractivity contribution >= 4 is 23.2 Å². The van der Waals surface area contributed by atoms with E-state index in [1.165, 1.54) is 10.8 Å². The van der Waals surface area contributed by atoms with Crippen LogP contribution in [0.3, 0.4) is 0 Å². The van der Waals surface area contributed by atoms with Gasteiger partial charge in [0.05, 0.1) is 11.1 Å². The van der Waals surface area contributed by atoms with Gasteiger partial charge < -0.3 is 5.11 Å². The van der Waals surface area contributed by atoms with Crippen LogP contribution in [0, 0.1) is 0 Å². The number of amides is 1. The summed E-state index contributed by atoms with van der Waals surface area (Å²) in [4.78, 5) is 21.7. The molecule has 1 rings (SSSR count). The minimum Gasteiger partial charge on any atom is -0.478 e. The zero-order valence-corrected chi connectivity index (χ0v) is 7.54. The van der Waals surface area contributed by atoms with Crippen LogP contribution in [0.5, 0.6) is 0 Å². The summed E-state index contributed by atoms with van der Waals surface area (Å²) in [5.74, 6) is -1.90. The summed E-state index contributed by atoms with van der Waals surface area (Å²) in [6.45, 7) is 0. The Hall–Kier alpha value is -1.40. The monoisotopic (exact) mass is 201 g/mol. The first-order valence-corrected chi connectivity index (χ1v) is 4.24. The van der Waals surface area contributed by atoms with E-state index >= 15 is 0 Å². The van der Waals surface area contributed by atoms with Crippen molar-refractivity contribution in [2.75, 3.05) is 7.05 Å². The first-order valence-electron chi connectivity index (χ1n) is 3.30. The van der Waals surface area contributed by atoms with Gasteiger partial charge in [-0.1, -0.05) is 0 Å². The van der Waals surface area contributed by atoms with E-state index in [-0.39, 0.29) is 11.1 Å². The van der Waals surface area contributed by atoms with Crippen LogP contribution in [-0.2, 0) is 0 Å². The number of carbonyl (C=O) groups is 2. The number of carboxylic acids is 1. The molecule has 5 nitrogen and oxygen atoms in total. The van der Waals surface area contributed by atoms with Crippen LogP contribution in [-0.4, -0.2) is 34.3 Å². The third-order valence-electron chi connectivity index (χ3n) is 1.42. The van der Waals surface area contributed by atoms with Gasteiger partial charge in [0.2, 0.25) is 0 Å². The Bertz CT molecular complexity index is 344. The van der Waals surface area contributed by atoms with Crippen molar-refractivity contribution in [1.82, 2.24) is 5.06 Å². The van der Waals surface area contributed by atoms with Gasteiger partial charge in [-0.05, 0) is 0 Å². The van der Waals surface area contributed by atoms with Gasteiger partial charge in [0.25, 0.3) is 5.91 Å². The highest BCUT2D eigenvalue weighted by Crippen LogP contribution is 2.16. The molecule has 1 amide bonds. The Morgan fingerprint density at radius 3 is 2.38 bits per heavy atom. The number of carbonyl (C=O) groups excluding carboxylic acids is 1. The summed E-state index contributed by atoms with van der Waals surface area (Å²) in [6, 6.07) is 0. The number of rotatable bonds is 2. The maximum atomic E-state index is 11.2. The Kier molecular flexibility index (Phi) is 2.64. The highest BCUT2D eigenvalue weighted by atomic mass is 32.1. The summed E-state index contributed by atoms with van der Waals surface area (Å²) < 4.78 is 0. The number of hydrogen-bond donors (Lipinski definition) is 2. The highest BCUT2D eigenvalue weighted by molar-refractivity contribution is 7.08. The molecule has 1 aromatic rings. The van der Waals surface area contributed by atoms with Crippen molar-refractivity contribution in [2.45, 2.75) is 0 Å². The first-order chi connectivity index (χ1) is 6.04. The van der Waals surface area contributed by atoms with E-state index in [0.717, 1.165) is 18.4 Å². The molecule has 0 bridgehead atoms. The lowest BCUT2D eigenvalue weighted by Gasteiger charge is -2.06. The second-order valence-corrected chi connectivity index (χ2v) is 3.08. The minimum atomic E-state index is -1.17. The van der Waals surface area contributed by atoms with Gasteiger partial charge in [-0.25, -0.2) is 9.86 Å². The van der Waals surface area contributed by atoms with Crippen molar-refractivity contribution in [2.24, 2.45) is 0 Å². The Labute approximate surface area is 77.8 Å². The summed E-state index contributed by atoms with van der Waals surface area (Å²) in [5.41, 5.74) is -0.0848. The summed E-state index contributed by atoms with van der Waals surface area (Å²) in [5, 5.41) is 20.5. The molecule has 0 spiro atoms. The summed E-state index contributed by atoms with van der Waals surface area (Å²) in [7, 11) is 1.14.